The number of nitrogens with zero attached hydrogens (tertiary/aromatic N) is 1. The molecule has 0 radical (unpaired) electrons. The van der Waals surface area contributed by atoms with Gasteiger partial charge in [0, 0.05) is 11.7 Å². The van der Waals surface area contributed by atoms with E-state index in [1.54, 1.807) is 11.0 Å². The molecule has 0 spiro atoms. The molecule has 0 bridgehead atoms. The highest BCUT2D eigenvalue weighted by Gasteiger charge is 2.34. The lowest BCUT2D eigenvalue weighted by atomic mass is 9.91. The average Bonchev–Trinajstić information content (AvgIpc) is 2.47. The lowest BCUT2D eigenvalue weighted by Crippen LogP contribution is -2.46. The molecular formula is C17H16FNO. The van der Waals surface area contributed by atoms with Crippen molar-refractivity contribution >= 4 is 11.6 Å². The van der Waals surface area contributed by atoms with E-state index in [9.17, 15) is 9.18 Å². The van der Waals surface area contributed by atoms with Gasteiger partial charge in [0.25, 0.3) is 5.91 Å². The van der Waals surface area contributed by atoms with Crippen LogP contribution in [0.5, 0.6) is 0 Å². The number of carbonyl (C=O) groups is 1. The number of hydrogen-bond acceptors (Lipinski definition) is 1. The first-order valence-corrected chi connectivity index (χ1v) is 6.88. The summed E-state index contributed by atoms with van der Waals surface area (Å²) in [7, 11) is 0. The molecule has 20 heavy (non-hydrogen) atoms. The van der Waals surface area contributed by atoms with Gasteiger partial charge in [0.15, 0.2) is 0 Å². The molecule has 0 aliphatic carbocycles. The summed E-state index contributed by atoms with van der Waals surface area (Å²) in [4.78, 5) is 14.4. The van der Waals surface area contributed by atoms with Crippen LogP contribution in [-0.2, 0) is 6.42 Å². The number of amides is 1. The largest absolute Gasteiger partial charge is 0.305 e. The Labute approximate surface area is 117 Å². The molecule has 3 rings (SSSR count). The standard InChI is InChI=1S/C17H16FNO/c1-2-13-11-12-7-6-10-15(18)16(12)17(20)19(13)14-8-4-3-5-9-14/h3-10,13H,2,11H2,1H3. The highest BCUT2D eigenvalue weighted by atomic mass is 19.1. The second-order valence-corrected chi connectivity index (χ2v) is 5.05. The van der Waals surface area contributed by atoms with Crippen molar-refractivity contribution in [1.82, 2.24) is 0 Å². The van der Waals surface area contributed by atoms with E-state index in [1.165, 1.54) is 6.07 Å². The van der Waals surface area contributed by atoms with E-state index in [2.05, 4.69) is 6.92 Å². The normalized spacial score (nSPS) is 18.0. The molecule has 0 N–H and O–H groups in total. The van der Waals surface area contributed by atoms with Gasteiger partial charge in [0.2, 0.25) is 0 Å². The van der Waals surface area contributed by atoms with E-state index < -0.39 is 5.82 Å². The predicted octanol–water partition coefficient (Wildman–Crippen LogP) is 3.81. The molecule has 2 aromatic rings. The Morgan fingerprint density at radius 2 is 1.90 bits per heavy atom. The highest BCUT2D eigenvalue weighted by Crippen LogP contribution is 2.30. The number of halogens is 1. The van der Waals surface area contributed by atoms with Crippen LogP contribution in [-0.4, -0.2) is 11.9 Å². The number of benzene rings is 2. The minimum Gasteiger partial charge on any atom is -0.305 e. The third kappa shape index (κ3) is 1.99. The van der Waals surface area contributed by atoms with Crippen LogP contribution >= 0.6 is 0 Å². The molecule has 1 heterocycles. The van der Waals surface area contributed by atoms with Gasteiger partial charge >= 0.3 is 0 Å². The summed E-state index contributed by atoms with van der Waals surface area (Å²) < 4.78 is 14.0. The second-order valence-electron chi connectivity index (χ2n) is 5.05. The van der Waals surface area contributed by atoms with Crippen molar-refractivity contribution in [2.45, 2.75) is 25.8 Å². The molecule has 0 aromatic heterocycles. The third-order valence-corrected chi connectivity index (χ3v) is 3.86. The molecule has 1 aliphatic heterocycles. The maximum absolute atomic E-state index is 14.0. The minimum atomic E-state index is -0.428. The van der Waals surface area contributed by atoms with E-state index >= 15 is 0 Å². The van der Waals surface area contributed by atoms with Crippen LogP contribution in [0.25, 0.3) is 0 Å². The molecule has 0 saturated heterocycles. The molecule has 1 aliphatic rings. The number of fused-ring (bicyclic) bond motifs is 1. The Kier molecular flexibility index (Phi) is 3.26. The summed E-state index contributed by atoms with van der Waals surface area (Å²) in [6, 6.07) is 14.4. The average molecular weight is 269 g/mol. The number of anilines is 1. The number of para-hydroxylation sites is 1. The Morgan fingerprint density at radius 3 is 2.60 bits per heavy atom. The zero-order valence-electron chi connectivity index (χ0n) is 11.3. The van der Waals surface area contributed by atoms with Gasteiger partial charge in [-0.15, -0.1) is 0 Å². The summed E-state index contributed by atoms with van der Waals surface area (Å²) in [6.45, 7) is 2.05. The van der Waals surface area contributed by atoms with Crippen molar-refractivity contribution < 1.29 is 9.18 Å². The van der Waals surface area contributed by atoms with E-state index in [4.69, 9.17) is 0 Å². The van der Waals surface area contributed by atoms with Crippen LogP contribution in [0.1, 0.15) is 29.3 Å². The SMILES string of the molecule is CCC1Cc2cccc(F)c2C(=O)N1c1ccccc1. The van der Waals surface area contributed by atoms with Crippen LogP contribution in [0.3, 0.4) is 0 Å². The highest BCUT2D eigenvalue weighted by molar-refractivity contribution is 6.08. The van der Waals surface area contributed by atoms with Crippen molar-refractivity contribution in [2.24, 2.45) is 0 Å². The molecule has 2 nitrogen and oxygen atoms in total. The summed E-state index contributed by atoms with van der Waals surface area (Å²) in [5.41, 5.74) is 1.87. The topological polar surface area (TPSA) is 20.3 Å². The first-order chi connectivity index (χ1) is 9.72. The summed E-state index contributed by atoms with van der Waals surface area (Å²) in [5, 5.41) is 0. The van der Waals surface area contributed by atoms with E-state index in [-0.39, 0.29) is 17.5 Å². The van der Waals surface area contributed by atoms with Crippen LogP contribution in [0.2, 0.25) is 0 Å². The summed E-state index contributed by atoms with van der Waals surface area (Å²) >= 11 is 0. The molecule has 1 amide bonds. The lowest BCUT2D eigenvalue weighted by molar-refractivity contribution is 0.0962. The number of rotatable bonds is 2. The Morgan fingerprint density at radius 1 is 1.15 bits per heavy atom. The molecule has 3 heteroatoms. The number of hydrogen-bond donors (Lipinski definition) is 0. The molecule has 102 valence electrons. The predicted molar refractivity (Wildman–Crippen MR) is 77.4 cm³/mol. The fraction of sp³-hybridized carbons (Fsp3) is 0.235. The molecule has 0 fully saturated rings. The first-order valence-electron chi connectivity index (χ1n) is 6.88. The zero-order valence-corrected chi connectivity index (χ0v) is 11.3. The quantitative estimate of drug-likeness (QED) is 0.812. The van der Waals surface area contributed by atoms with Crippen molar-refractivity contribution in [3.8, 4) is 0 Å². The van der Waals surface area contributed by atoms with E-state index in [1.807, 2.05) is 36.4 Å². The Hall–Kier alpha value is -2.16. The van der Waals surface area contributed by atoms with Gasteiger partial charge in [-0.25, -0.2) is 4.39 Å². The molecule has 2 aromatic carbocycles. The van der Waals surface area contributed by atoms with Gasteiger partial charge in [-0.1, -0.05) is 37.3 Å². The second kappa shape index (κ2) is 5.08. The Balaban J connectivity index is 2.11. The van der Waals surface area contributed by atoms with Crippen molar-refractivity contribution in [3.05, 3.63) is 65.5 Å². The maximum Gasteiger partial charge on any atom is 0.261 e. The molecule has 1 unspecified atom stereocenters. The van der Waals surface area contributed by atoms with Crippen molar-refractivity contribution in [2.75, 3.05) is 4.90 Å². The van der Waals surface area contributed by atoms with Gasteiger partial charge in [0.1, 0.15) is 5.82 Å². The lowest BCUT2D eigenvalue weighted by Gasteiger charge is -2.36. The summed E-state index contributed by atoms with van der Waals surface area (Å²) in [6.07, 6.45) is 1.54. The van der Waals surface area contributed by atoms with Crippen LogP contribution in [0.15, 0.2) is 48.5 Å². The fourth-order valence-corrected chi connectivity index (χ4v) is 2.85. The fourth-order valence-electron chi connectivity index (χ4n) is 2.85. The van der Waals surface area contributed by atoms with Crippen molar-refractivity contribution in [1.29, 1.82) is 0 Å². The smallest absolute Gasteiger partial charge is 0.261 e. The Bertz CT molecular complexity index is 639. The maximum atomic E-state index is 14.0. The number of carbonyl (C=O) groups excluding carboxylic acids is 1. The van der Waals surface area contributed by atoms with Gasteiger partial charge in [-0.05, 0) is 36.6 Å². The summed E-state index contributed by atoms with van der Waals surface area (Å²) in [5.74, 6) is -0.662. The first kappa shape index (κ1) is 12.9. The van der Waals surface area contributed by atoms with E-state index in [0.717, 1.165) is 17.7 Å². The van der Waals surface area contributed by atoms with Gasteiger partial charge in [-0.2, -0.15) is 0 Å². The van der Waals surface area contributed by atoms with Crippen LogP contribution in [0.4, 0.5) is 10.1 Å². The van der Waals surface area contributed by atoms with Crippen LogP contribution < -0.4 is 4.90 Å². The minimum absolute atomic E-state index is 0.0826. The molecule has 0 saturated carbocycles. The van der Waals surface area contributed by atoms with Gasteiger partial charge in [0.05, 0.1) is 5.56 Å². The zero-order chi connectivity index (χ0) is 14.1. The van der Waals surface area contributed by atoms with Gasteiger partial charge in [-0.3, -0.25) is 4.79 Å². The van der Waals surface area contributed by atoms with E-state index in [0.29, 0.717) is 6.42 Å². The molecule has 1 atom stereocenters. The van der Waals surface area contributed by atoms with Crippen LogP contribution in [0, 0.1) is 5.82 Å². The van der Waals surface area contributed by atoms with Crippen molar-refractivity contribution in [3.63, 3.8) is 0 Å². The van der Waals surface area contributed by atoms with Gasteiger partial charge < -0.3 is 4.90 Å². The molecular weight excluding hydrogens is 253 g/mol. The third-order valence-electron chi connectivity index (χ3n) is 3.86. The monoisotopic (exact) mass is 269 g/mol.